The van der Waals surface area contributed by atoms with Gasteiger partial charge in [-0.05, 0) is 0 Å². The van der Waals surface area contributed by atoms with Crippen LogP contribution in [-0.4, -0.2) is 55.5 Å². The highest BCUT2D eigenvalue weighted by Gasteiger charge is 2.35. The van der Waals surface area contributed by atoms with E-state index in [1.807, 2.05) is 5.32 Å². The van der Waals surface area contributed by atoms with Crippen LogP contribution in [0, 0.1) is 5.92 Å². The third-order valence-electron chi connectivity index (χ3n) is 2.36. The van der Waals surface area contributed by atoms with Crippen molar-refractivity contribution in [2.24, 2.45) is 5.92 Å². The Hall–Kier alpha value is -1.35. The molecule has 0 bridgehead atoms. The molecule has 1 fully saturated rings. The molecule has 3 N–H and O–H groups in total. The van der Waals surface area contributed by atoms with Crippen molar-refractivity contribution in [1.29, 1.82) is 0 Å². The molecule has 104 valence electrons. The molecule has 0 spiro atoms. The second-order valence-electron chi connectivity index (χ2n) is 3.87. The Morgan fingerprint density at radius 2 is 2.00 bits per heavy atom. The molecule has 1 rings (SSSR count). The molecule has 1 heterocycles. The number of aliphatic carboxylic acids is 1. The minimum absolute atomic E-state index is 0.0176. The standard InChI is InChI=1S/C9H13F3N2O4/c10-9(11,12)4-13-1-7(15)14-6-3-18-2-5(6)8(16)17/h5-6,13H,1-4H2,(H,14,15)(H,16,17). The second kappa shape index (κ2) is 6.01. The Bertz CT molecular complexity index is 321. The Morgan fingerprint density at radius 1 is 1.33 bits per heavy atom. The van der Waals surface area contributed by atoms with E-state index in [0.29, 0.717) is 0 Å². The van der Waals surface area contributed by atoms with Gasteiger partial charge in [-0.1, -0.05) is 0 Å². The number of hydrogen-bond acceptors (Lipinski definition) is 4. The molecular formula is C9H13F3N2O4. The summed E-state index contributed by atoms with van der Waals surface area (Å²) in [4.78, 5) is 22.0. The number of carbonyl (C=O) groups is 2. The summed E-state index contributed by atoms with van der Waals surface area (Å²) in [5, 5.41) is 13.0. The van der Waals surface area contributed by atoms with Gasteiger partial charge >= 0.3 is 12.1 Å². The van der Waals surface area contributed by atoms with E-state index in [2.05, 4.69) is 5.32 Å². The third kappa shape index (κ3) is 4.88. The van der Waals surface area contributed by atoms with Crippen molar-refractivity contribution in [3.05, 3.63) is 0 Å². The predicted molar refractivity (Wildman–Crippen MR) is 52.8 cm³/mol. The van der Waals surface area contributed by atoms with Crippen molar-refractivity contribution >= 4 is 11.9 Å². The van der Waals surface area contributed by atoms with Crippen LogP contribution in [0.25, 0.3) is 0 Å². The number of alkyl halides is 3. The van der Waals surface area contributed by atoms with Gasteiger partial charge in [0.15, 0.2) is 0 Å². The minimum atomic E-state index is -4.39. The molecule has 1 aliphatic rings. The molecule has 2 unspecified atom stereocenters. The highest BCUT2D eigenvalue weighted by atomic mass is 19.4. The fraction of sp³-hybridized carbons (Fsp3) is 0.778. The first-order valence-electron chi connectivity index (χ1n) is 5.17. The van der Waals surface area contributed by atoms with Gasteiger partial charge in [-0.25, -0.2) is 0 Å². The van der Waals surface area contributed by atoms with Gasteiger partial charge in [0.1, 0.15) is 5.92 Å². The van der Waals surface area contributed by atoms with Gasteiger partial charge in [0.2, 0.25) is 5.91 Å². The van der Waals surface area contributed by atoms with Crippen molar-refractivity contribution in [2.45, 2.75) is 12.2 Å². The minimum Gasteiger partial charge on any atom is -0.481 e. The van der Waals surface area contributed by atoms with Crippen molar-refractivity contribution in [1.82, 2.24) is 10.6 Å². The summed E-state index contributed by atoms with van der Waals surface area (Å²) < 4.78 is 40.3. The number of rotatable bonds is 5. The molecule has 9 heteroatoms. The molecule has 18 heavy (non-hydrogen) atoms. The van der Waals surface area contributed by atoms with Crippen molar-refractivity contribution < 1.29 is 32.6 Å². The van der Waals surface area contributed by atoms with Gasteiger partial charge in [-0.15, -0.1) is 0 Å². The van der Waals surface area contributed by atoms with E-state index in [4.69, 9.17) is 9.84 Å². The summed E-state index contributed by atoms with van der Waals surface area (Å²) in [7, 11) is 0. The van der Waals surface area contributed by atoms with Crippen molar-refractivity contribution in [2.75, 3.05) is 26.3 Å². The summed E-state index contributed by atoms with van der Waals surface area (Å²) in [5.41, 5.74) is 0. The van der Waals surface area contributed by atoms with Crippen LogP contribution < -0.4 is 10.6 Å². The Balaban J connectivity index is 2.29. The molecule has 2 atom stereocenters. The number of nitrogens with one attached hydrogen (secondary N) is 2. The second-order valence-corrected chi connectivity index (χ2v) is 3.87. The average molecular weight is 270 g/mol. The van der Waals surface area contributed by atoms with Crippen LogP contribution in [0.15, 0.2) is 0 Å². The molecule has 0 aromatic heterocycles. The molecule has 0 aliphatic carbocycles. The largest absolute Gasteiger partial charge is 0.481 e. The number of ether oxygens (including phenoxy) is 1. The van der Waals surface area contributed by atoms with Gasteiger partial charge in [-0.2, -0.15) is 13.2 Å². The first kappa shape index (κ1) is 14.7. The van der Waals surface area contributed by atoms with Crippen LogP contribution in [-0.2, 0) is 14.3 Å². The lowest BCUT2D eigenvalue weighted by Crippen LogP contribution is -2.46. The van der Waals surface area contributed by atoms with Crippen LogP contribution in [0.4, 0.5) is 13.2 Å². The summed E-state index contributed by atoms with van der Waals surface area (Å²) in [5.74, 6) is -2.67. The van der Waals surface area contributed by atoms with Crippen molar-refractivity contribution in [3.8, 4) is 0 Å². The van der Waals surface area contributed by atoms with E-state index in [0.717, 1.165) is 0 Å². The predicted octanol–water partition coefficient (Wildman–Crippen LogP) is -0.646. The third-order valence-corrected chi connectivity index (χ3v) is 2.36. The Kier molecular flexibility index (Phi) is 4.91. The van der Waals surface area contributed by atoms with Gasteiger partial charge in [0, 0.05) is 0 Å². The Morgan fingerprint density at radius 3 is 2.56 bits per heavy atom. The zero-order chi connectivity index (χ0) is 13.8. The number of carbonyl (C=O) groups excluding carboxylic acids is 1. The fourth-order valence-electron chi connectivity index (χ4n) is 1.52. The smallest absolute Gasteiger partial charge is 0.401 e. The first-order valence-corrected chi connectivity index (χ1v) is 5.17. The molecule has 0 radical (unpaired) electrons. The van der Waals surface area contributed by atoms with E-state index < -0.39 is 43.1 Å². The summed E-state index contributed by atoms with van der Waals surface area (Å²) in [6.07, 6.45) is -4.39. The molecule has 0 saturated carbocycles. The molecule has 0 aromatic rings. The van der Waals surface area contributed by atoms with E-state index in [9.17, 15) is 22.8 Å². The van der Waals surface area contributed by atoms with Crippen LogP contribution in [0.3, 0.4) is 0 Å². The van der Waals surface area contributed by atoms with Gasteiger partial charge in [-0.3, -0.25) is 9.59 Å². The normalized spacial score (nSPS) is 23.9. The maximum atomic E-state index is 11.8. The molecule has 1 aliphatic heterocycles. The highest BCUT2D eigenvalue weighted by Crippen LogP contribution is 2.14. The number of carboxylic acid groups (broad SMARTS) is 1. The summed E-state index contributed by atoms with van der Waals surface area (Å²) in [6.45, 7) is -1.77. The van der Waals surface area contributed by atoms with Gasteiger partial charge in [0.25, 0.3) is 0 Å². The average Bonchev–Trinajstić information content (AvgIpc) is 2.63. The van der Waals surface area contributed by atoms with Gasteiger partial charge in [0.05, 0.1) is 32.3 Å². The van der Waals surface area contributed by atoms with Crippen molar-refractivity contribution in [3.63, 3.8) is 0 Å². The van der Waals surface area contributed by atoms with Crippen LogP contribution in [0.1, 0.15) is 0 Å². The van der Waals surface area contributed by atoms with Crippen LogP contribution in [0.5, 0.6) is 0 Å². The maximum absolute atomic E-state index is 11.8. The van der Waals surface area contributed by atoms with Gasteiger partial charge < -0.3 is 20.5 Å². The number of amides is 1. The van der Waals surface area contributed by atoms with E-state index in [-0.39, 0.29) is 13.2 Å². The zero-order valence-electron chi connectivity index (χ0n) is 9.29. The maximum Gasteiger partial charge on any atom is 0.401 e. The number of hydrogen-bond donors (Lipinski definition) is 3. The Labute approximate surface area is 100 Å². The highest BCUT2D eigenvalue weighted by molar-refractivity contribution is 5.80. The topological polar surface area (TPSA) is 87.7 Å². The molecule has 0 aromatic carbocycles. The summed E-state index contributed by atoms with van der Waals surface area (Å²) >= 11 is 0. The SMILES string of the molecule is O=C(CNCC(F)(F)F)NC1COCC1C(=O)O. The molecule has 6 nitrogen and oxygen atoms in total. The lowest BCUT2D eigenvalue weighted by molar-refractivity contribution is -0.142. The van der Waals surface area contributed by atoms with Crippen LogP contribution in [0.2, 0.25) is 0 Å². The first-order chi connectivity index (χ1) is 8.29. The molecule has 1 saturated heterocycles. The fourth-order valence-corrected chi connectivity index (χ4v) is 1.52. The lowest BCUT2D eigenvalue weighted by atomic mass is 10.0. The van der Waals surface area contributed by atoms with E-state index >= 15 is 0 Å². The quantitative estimate of drug-likeness (QED) is 0.618. The lowest BCUT2D eigenvalue weighted by Gasteiger charge is -2.16. The van der Waals surface area contributed by atoms with E-state index in [1.54, 1.807) is 0 Å². The van der Waals surface area contributed by atoms with Crippen LogP contribution >= 0.6 is 0 Å². The number of halogens is 3. The monoisotopic (exact) mass is 270 g/mol. The molecular weight excluding hydrogens is 257 g/mol. The number of carboxylic acids is 1. The van der Waals surface area contributed by atoms with E-state index in [1.165, 1.54) is 0 Å². The zero-order valence-corrected chi connectivity index (χ0v) is 9.29. The molecule has 1 amide bonds. The summed E-state index contributed by atoms with van der Waals surface area (Å²) in [6, 6.07) is -0.706.